The lowest BCUT2D eigenvalue weighted by atomic mass is 9.85. The molecule has 0 spiro atoms. The van der Waals surface area contributed by atoms with E-state index in [1.807, 2.05) is 24.3 Å². The standard InChI is InChI=1S/C27H32NO2/c1-27(2,3)23-11-14-25-21(17-23)16-22(18-30-25)26(29)28-24-12-9-20(10-13-24)15-19-7-5-4-6-8-19/h9-14,16-17H,4-8,15,18H2,1-3H3,(H,28,29). The molecule has 1 aliphatic heterocycles. The third-order valence-electron chi connectivity index (χ3n) is 6.11. The SMILES string of the molecule is CC(C)(C)c1ccc2c(c1)C=C(C(=O)Nc1ccc(C[C]3CCCCC3)cc1)CO2. The van der Waals surface area contributed by atoms with Crippen molar-refractivity contribution < 1.29 is 9.53 Å². The van der Waals surface area contributed by atoms with Crippen LogP contribution in [0.15, 0.2) is 48.0 Å². The van der Waals surface area contributed by atoms with Gasteiger partial charge in [-0.2, -0.15) is 0 Å². The second-order valence-corrected chi connectivity index (χ2v) is 9.60. The van der Waals surface area contributed by atoms with E-state index in [0.717, 1.165) is 23.4 Å². The lowest BCUT2D eigenvalue weighted by Crippen LogP contribution is -2.21. The van der Waals surface area contributed by atoms with Gasteiger partial charge in [-0.05, 0) is 72.1 Å². The van der Waals surface area contributed by atoms with Crippen LogP contribution in [0.5, 0.6) is 5.75 Å². The van der Waals surface area contributed by atoms with E-state index in [1.165, 1.54) is 43.2 Å². The van der Waals surface area contributed by atoms with Gasteiger partial charge in [0.25, 0.3) is 5.91 Å². The summed E-state index contributed by atoms with van der Waals surface area (Å²) in [6.45, 7) is 6.86. The van der Waals surface area contributed by atoms with Crippen LogP contribution in [0, 0.1) is 5.92 Å². The summed E-state index contributed by atoms with van der Waals surface area (Å²) in [5.74, 6) is 2.40. The van der Waals surface area contributed by atoms with Gasteiger partial charge in [-0.3, -0.25) is 4.79 Å². The highest BCUT2D eigenvalue weighted by Gasteiger charge is 2.21. The van der Waals surface area contributed by atoms with E-state index in [2.05, 4.69) is 50.4 Å². The van der Waals surface area contributed by atoms with Gasteiger partial charge in [0.05, 0.1) is 5.57 Å². The molecule has 1 radical (unpaired) electrons. The smallest absolute Gasteiger partial charge is 0.255 e. The molecule has 0 bridgehead atoms. The van der Waals surface area contributed by atoms with Crippen molar-refractivity contribution in [3.8, 4) is 5.75 Å². The highest BCUT2D eigenvalue weighted by Crippen LogP contribution is 2.32. The quantitative estimate of drug-likeness (QED) is 0.635. The van der Waals surface area contributed by atoms with Crippen LogP contribution in [0.3, 0.4) is 0 Å². The fourth-order valence-electron chi connectivity index (χ4n) is 4.21. The molecule has 3 heteroatoms. The molecule has 157 valence electrons. The van der Waals surface area contributed by atoms with Crippen molar-refractivity contribution in [2.24, 2.45) is 0 Å². The number of nitrogens with one attached hydrogen (secondary N) is 1. The van der Waals surface area contributed by atoms with Gasteiger partial charge >= 0.3 is 0 Å². The van der Waals surface area contributed by atoms with Crippen molar-refractivity contribution in [3.05, 3.63) is 70.6 Å². The predicted octanol–water partition coefficient (Wildman–Crippen LogP) is 6.48. The Hall–Kier alpha value is -2.55. The van der Waals surface area contributed by atoms with Gasteiger partial charge < -0.3 is 10.1 Å². The minimum atomic E-state index is -0.101. The number of amides is 1. The maximum absolute atomic E-state index is 12.8. The van der Waals surface area contributed by atoms with Gasteiger partial charge in [0.2, 0.25) is 0 Å². The van der Waals surface area contributed by atoms with Crippen LogP contribution in [0.1, 0.15) is 69.6 Å². The molecule has 0 aromatic heterocycles. The molecule has 1 amide bonds. The lowest BCUT2D eigenvalue weighted by Gasteiger charge is -2.23. The zero-order chi connectivity index (χ0) is 21.1. The summed E-state index contributed by atoms with van der Waals surface area (Å²) < 4.78 is 5.83. The summed E-state index contributed by atoms with van der Waals surface area (Å²) in [4.78, 5) is 12.8. The van der Waals surface area contributed by atoms with E-state index >= 15 is 0 Å². The average molecular weight is 403 g/mol. The molecule has 0 atom stereocenters. The minimum Gasteiger partial charge on any atom is -0.488 e. The maximum atomic E-state index is 12.8. The van der Waals surface area contributed by atoms with E-state index in [9.17, 15) is 4.79 Å². The molecule has 2 aromatic carbocycles. The summed E-state index contributed by atoms with van der Waals surface area (Å²) >= 11 is 0. The Labute approximate surface area is 180 Å². The van der Waals surface area contributed by atoms with Gasteiger partial charge in [0.1, 0.15) is 12.4 Å². The number of hydrogen-bond acceptors (Lipinski definition) is 2. The molecule has 0 unspecified atom stereocenters. The Balaban J connectivity index is 1.42. The maximum Gasteiger partial charge on any atom is 0.255 e. The van der Waals surface area contributed by atoms with Crippen LogP contribution < -0.4 is 10.1 Å². The van der Waals surface area contributed by atoms with Crippen molar-refractivity contribution in [2.45, 2.75) is 64.7 Å². The fraction of sp³-hybridized carbons (Fsp3) is 0.407. The van der Waals surface area contributed by atoms with E-state index in [0.29, 0.717) is 12.2 Å². The van der Waals surface area contributed by atoms with E-state index < -0.39 is 0 Å². The minimum absolute atomic E-state index is 0.0559. The summed E-state index contributed by atoms with van der Waals surface area (Å²) in [6.07, 6.45) is 9.60. The number of fused-ring (bicyclic) bond motifs is 1. The lowest BCUT2D eigenvalue weighted by molar-refractivity contribution is -0.113. The van der Waals surface area contributed by atoms with Crippen LogP contribution in [0.4, 0.5) is 5.69 Å². The van der Waals surface area contributed by atoms with Crippen molar-refractivity contribution in [3.63, 3.8) is 0 Å². The Kier molecular flexibility index (Phi) is 5.99. The molecule has 1 fully saturated rings. The zero-order valence-electron chi connectivity index (χ0n) is 18.4. The van der Waals surface area contributed by atoms with Crippen LogP contribution in [0.25, 0.3) is 6.08 Å². The van der Waals surface area contributed by atoms with E-state index in [4.69, 9.17) is 4.74 Å². The van der Waals surface area contributed by atoms with Crippen LogP contribution >= 0.6 is 0 Å². The van der Waals surface area contributed by atoms with Crippen molar-refractivity contribution in [1.82, 2.24) is 0 Å². The van der Waals surface area contributed by atoms with Crippen LogP contribution in [-0.2, 0) is 16.6 Å². The number of hydrogen-bond donors (Lipinski definition) is 1. The number of carbonyl (C=O) groups excluding carboxylic acids is 1. The largest absolute Gasteiger partial charge is 0.488 e. The molecule has 2 aliphatic rings. The molecule has 1 aliphatic carbocycles. The highest BCUT2D eigenvalue weighted by molar-refractivity contribution is 6.07. The molecule has 4 rings (SSSR count). The first kappa shape index (κ1) is 20.7. The van der Waals surface area contributed by atoms with Crippen molar-refractivity contribution in [2.75, 3.05) is 11.9 Å². The van der Waals surface area contributed by atoms with Crippen LogP contribution in [0.2, 0.25) is 0 Å². The number of anilines is 1. The van der Waals surface area contributed by atoms with Gasteiger partial charge in [-0.1, -0.05) is 58.2 Å². The van der Waals surface area contributed by atoms with Gasteiger partial charge in [0.15, 0.2) is 0 Å². The first-order valence-corrected chi connectivity index (χ1v) is 11.1. The summed E-state index contributed by atoms with van der Waals surface area (Å²) in [5.41, 5.74) is 5.06. The Morgan fingerprint density at radius 1 is 1.00 bits per heavy atom. The number of carbonyl (C=O) groups is 1. The monoisotopic (exact) mass is 402 g/mol. The molecule has 2 aromatic rings. The van der Waals surface area contributed by atoms with Crippen molar-refractivity contribution >= 4 is 17.7 Å². The summed E-state index contributed by atoms with van der Waals surface area (Å²) in [5, 5.41) is 3.02. The van der Waals surface area contributed by atoms with Crippen LogP contribution in [-0.4, -0.2) is 12.5 Å². The third-order valence-corrected chi connectivity index (χ3v) is 6.11. The molecular weight excluding hydrogens is 370 g/mol. The molecule has 1 saturated carbocycles. The summed E-state index contributed by atoms with van der Waals surface area (Å²) in [6, 6.07) is 14.5. The number of ether oxygens (including phenoxy) is 1. The molecular formula is C27H32NO2. The molecule has 3 nitrogen and oxygen atoms in total. The molecule has 30 heavy (non-hydrogen) atoms. The topological polar surface area (TPSA) is 38.3 Å². The third kappa shape index (κ3) is 4.95. The Morgan fingerprint density at radius 2 is 1.73 bits per heavy atom. The molecule has 0 saturated heterocycles. The van der Waals surface area contributed by atoms with E-state index in [1.54, 1.807) is 5.92 Å². The number of benzene rings is 2. The first-order chi connectivity index (χ1) is 14.4. The van der Waals surface area contributed by atoms with E-state index in [-0.39, 0.29) is 11.3 Å². The Morgan fingerprint density at radius 3 is 2.43 bits per heavy atom. The van der Waals surface area contributed by atoms with Gasteiger partial charge in [0, 0.05) is 11.3 Å². The van der Waals surface area contributed by atoms with Gasteiger partial charge in [-0.25, -0.2) is 0 Å². The zero-order valence-corrected chi connectivity index (χ0v) is 18.4. The van der Waals surface area contributed by atoms with Gasteiger partial charge in [-0.15, -0.1) is 0 Å². The number of rotatable bonds is 4. The second kappa shape index (κ2) is 8.67. The molecule has 1 N–H and O–H groups in total. The average Bonchev–Trinajstić information content (AvgIpc) is 2.74. The first-order valence-electron chi connectivity index (χ1n) is 11.1. The molecule has 1 heterocycles. The second-order valence-electron chi connectivity index (χ2n) is 9.60. The predicted molar refractivity (Wildman–Crippen MR) is 124 cm³/mol. The van der Waals surface area contributed by atoms with Crippen molar-refractivity contribution in [1.29, 1.82) is 0 Å². The normalized spacial score (nSPS) is 17.0. The highest BCUT2D eigenvalue weighted by atomic mass is 16.5. The fourth-order valence-corrected chi connectivity index (χ4v) is 4.21. The Bertz CT molecular complexity index is 928. The summed E-state index contributed by atoms with van der Waals surface area (Å²) in [7, 11) is 0.